The summed E-state index contributed by atoms with van der Waals surface area (Å²) in [6, 6.07) is 2.74. The van der Waals surface area contributed by atoms with E-state index in [1.54, 1.807) is 0 Å². The summed E-state index contributed by atoms with van der Waals surface area (Å²) in [5, 5.41) is 3.46. The normalized spacial score (nSPS) is 26.7. The maximum absolute atomic E-state index is 4.23. The van der Waals surface area contributed by atoms with E-state index in [1.165, 1.54) is 30.6 Å². The molecule has 14 heavy (non-hydrogen) atoms. The monoisotopic (exact) mass is 189 g/mol. The minimum atomic E-state index is 0.571. The van der Waals surface area contributed by atoms with Crippen molar-refractivity contribution < 1.29 is 0 Å². The quantitative estimate of drug-likeness (QED) is 0.647. The Balaban J connectivity index is 1.99. The first kappa shape index (κ1) is 8.38. The Kier molecular flexibility index (Phi) is 2.00. The van der Waals surface area contributed by atoms with Gasteiger partial charge in [-0.1, -0.05) is 0 Å². The summed E-state index contributed by atoms with van der Waals surface area (Å²) in [4.78, 5) is 6.80. The van der Waals surface area contributed by atoms with E-state index in [-0.39, 0.29) is 0 Å². The first-order chi connectivity index (χ1) is 6.95. The number of pyridine rings is 1. The summed E-state index contributed by atoms with van der Waals surface area (Å²) < 4.78 is 0. The van der Waals surface area contributed by atoms with Gasteiger partial charge in [0.15, 0.2) is 0 Å². The number of piperazine rings is 1. The molecule has 0 aromatic carbocycles. The molecule has 0 aliphatic carbocycles. The summed E-state index contributed by atoms with van der Waals surface area (Å²) in [5.41, 5.74) is 2.93. The standard InChI is InChI=1S/C11H15N3/c1-3-12-7-10-9(1)2-5-14-6-4-13-8-11(10)14/h1,3,7,11,13H,2,4-6,8H2. The molecule has 0 saturated carbocycles. The molecule has 2 aliphatic heterocycles. The van der Waals surface area contributed by atoms with E-state index < -0.39 is 0 Å². The van der Waals surface area contributed by atoms with Gasteiger partial charge in [-0.15, -0.1) is 0 Å². The number of nitrogens with one attached hydrogen (secondary N) is 1. The van der Waals surface area contributed by atoms with Crippen molar-refractivity contribution in [3.63, 3.8) is 0 Å². The third-order valence-electron chi connectivity index (χ3n) is 3.33. The molecule has 0 amide bonds. The number of rotatable bonds is 0. The number of hydrogen-bond donors (Lipinski definition) is 1. The van der Waals surface area contributed by atoms with Crippen molar-refractivity contribution in [1.82, 2.24) is 15.2 Å². The number of aromatic nitrogens is 1. The van der Waals surface area contributed by atoms with Crippen molar-refractivity contribution in [2.24, 2.45) is 0 Å². The van der Waals surface area contributed by atoms with Crippen LogP contribution in [0.3, 0.4) is 0 Å². The average molecular weight is 189 g/mol. The van der Waals surface area contributed by atoms with Gasteiger partial charge >= 0.3 is 0 Å². The molecule has 0 spiro atoms. The minimum absolute atomic E-state index is 0.571. The van der Waals surface area contributed by atoms with E-state index in [9.17, 15) is 0 Å². The van der Waals surface area contributed by atoms with Crippen LogP contribution >= 0.6 is 0 Å². The van der Waals surface area contributed by atoms with Crippen LogP contribution in [0.1, 0.15) is 17.2 Å². The van der Waals surface area contributed by atoms with Gasteiger partial charge in [-0.25, -0.2) is 0 Å². The van der Waals surface area contributed by atoms with Crippen LogP contribution in [0.4, 0.5) is 0 Å². The predicted molar refractivity (Wildman–Crippen MR) is 55.1 cm³/mol. The maximum Gasteiger partial charge on any atom is 0.0491 e. The largest absolute Gasteiger partial charge is 0.314 e. The van der Waals surface area contributed by atoms with Gasteiger partial charge in [-0.2, -0.15) is 0 Å². The molecular formula is C11H15N3. The van der Waals surface area contributed by atoms with Crippen LogP contribution in [-0.2, 0) is 6.42 Å². The molecule has 1 aromatic heterocycles. The van der Waals surface area contributed by atoms with Gasteiger partial charge in [0.05, 0.1) is 0 Å². The number of nitrogens with zero attached hydrogens (tertiary/aromatic N) is 2. The highest BCUT2D eigenvalue weighted by molar-refractivity contribution is 5.30. The fraction of sp³-hybridized carbons (Fsp3) is 0.545. The van der Waals surface area contributed by atoms with E-state index in [1.807, 2.05) is 12.4 Å². The van der Waals surface area contributed by atoms with Crippen LogP contribution in [0, 0.1) is 0 Å². The number of hydrogen-bond acceptors (Lipinski definition) is 3. The van der Waals surface area contributed by atoms with Crippen molar-refractivity contribution in [2.45, 2.75) is 12.5 Å². The van der Waals surface area contributed by atoms with Crippen LogP contribution in [0.5, 0.6) is 0 Å². The van der Waals surface area contributed by atoms with E-state index in [0.29, 0.717) is 6.04 Å². The van der Waals surface area contributed by atoms with Gasteiger partial charge in [0, 0.05) is 44.6 Å². The Hall–Kier alpha value is -0.930. The van der Waals surface area contributed by atoms with Crippen LogP contribution in [-0.4, -0.2) is 36.1 Å². The van der Waals surface area contributed by atoms with Crippen LogP contribution in [0.2, 0.25) is 0 Å². The molecular weight excluding hydrogens is 174 g/mol. The molecule has 1 fully saturated rings. The predicted octanol–water partition coefficient (Wildman–Crippen LogP) is 0.584. The van der Waals surface area contributed by atoms with E-state index >= 15 is 0 Å². The van der Waals surface area contributed by atoms with E-state index in [2.05, 4.69) is 21.3 Å². The van der Waals surface area contributed by atoms with E-state index in [4.69, 9.17) is 0 Å². The summed E-state index contributed by atoms with van der Waals surface area (Å²) >= 11 is 0. The molecule has 3 heterocycles. The second-order valence-electron chi connectivity index (χ2n) is 4.08. The van der Waals surface area contributed by atoms with Gasteiger partial charge in [0.25, 0.3) is 0 Å². The summed E-state index contributed by atoms with van der Waals surface area (Å²) in [7, 11) is 0. The highest BCUT2D eigenvalue weighted by atomic mass is 15.2. The lowest BCUT2D eigenvalue weighted by molar-refractivity contribution is 0.151. The molecule has 2 aliphatic rings. The Morgan fingerprint density at radius 1 is 1.43 bits per heavy atom. The van der Waals surface area contributed by atoms with Crippen molar-refractivity contribution in [1.29, 1.82) is 0 Å². The second kappa shape index (κ2) is 3.33. The highest BCUT2D eigenvalue weighted by Gasteiger charge is 2.28. The first-order valence-electron chi connectivity index (χ1n) is 5.33. The smallest absolute Gasteiger partial charge is 0.0491 e. The lowest BCUT2D eigenvalue weighted by Gasteiger charge is -2.40. The Labute approximate surface area is 84.1 Å². The molecule has 1 aromatic rings. The maximum atomic E-state index is 4.23. The molecule has 0 radical (unpaired) electrons. The molecule has 1 atom stereocenters. The molecule has 74 valence electrons. The van der Waals surface area contributed by atoms with Crippen molar-refractivity contribution in [3.8, 4) is 0 Å². The molecule has 1 saturated heterocycles. The van der Waals surface area contributed by atoms with Crippen LogP contribution < -0.4 is 5.32 Å². The van der Waals surface area contributed by atoms with Crippen LogP contribution in [0.15, 0.2) is 18.5 Å². The van der Waals surface area contributed by atoms with Gasteiger partial charge in [-0.3, -0.25) is 9.88 Å². The average Bonchev–Trinajstić information content (AvgIpc) is 2.29. The lowest BCUT2D eigenvalue weighted by atomic mass is 9.93. The molecule has 1 unspecified atom stereocenters. The van der Waals surface area contributed by atoms with E-state index in [0.717, 1.165) is 13.1 Å². The van der Waals surface area contributed by atoms with Crippen molar-refractivity contribution in [2.75, 3.05) is 26.2 Å². The van der Waals surface area contributed by atoms with Gasteiger partial charge in [0.1, 0.15) is 0 Å². The summed E-state index contributed by atoms with van der Waals surface area (Å²) in [6.07, 6.45) is 5.14. The lowest BCUT2D eigenvalue weighted by Crippen LogP contribution is -2.48. The third-order valence-corrected chi connectivity index (χ3v) is 3.33. The van der Waals surface area contributed by atoms with Gasteiger partial charge < -0.3 is 5.32 Å². The topological polar surface area (TPSA) is 28.2 Å². The molecule has 1 N–H and O–H groups in total. The Morgan fingerprint density at radius 2 is 2.43 bits per heavy atom. The zero-order valence-electron chi connectivity index (χ0n) is 8.24. The first-order valence-corrected chi connectivity index (χ1v) is 5.33. The molecule has 3 nitrogen and oxygen atoms in total. The second-order valence-corrected chi connectivity index (χ2v) is 4.08. The Bertz CT molecular complexity index is 337. The minimum Gasteiger partial charge on any atom is -0.314 e. The molecule has 3 heteroatoms. The van der Waals surface area contributed by atoms with Crippen molar-refractivity contribution in [3.05, 3.63) is 29.6 Å². The van der Waals surface area contributed by atoms with Gasteiger partial charge in [0.2, 0.25) is 0 Å². The SMILES string of the molecule is c1cc2c(cn1)C1CNCCN1CC2. The van der Waals surface area contributed by atoms with Gasteiger partial charge in [-0.05, 0) is 23.6 Å². The fourth-order valence-electron chi connectivity index (χ4n) is 2.55. The fourth-order valence-corrected chi connectivity index (χ4v) is 2.55. The summed E-state index contributed by atoms with van der Waals surface area (Å²) in [6.45, 7) is 4.60. The zero-order chi connectivity index (χ0) is 9.38. The van der Waals surface area contributed by atoms with Crippen molar-refractivity contribution >= 4 is 0 Å². The highest BCUT2D eigenvalue weighted by Crippen LogP contribution is 2.29. The zero-order valence-corrected chi connectivity index (χ0v) is 8.24. The Morgan fingerprint density at radius 3 is 3.43 bits per heavy atom. The summed E-state index contributed by atoms with van der Waals surface area (Å²) in [5.74, 6) is 0. The third kappa shape index (κ3) is 1.24. The molecule has 3 rings (SSSR count). The number of fused-ring (bicyclic) bond motifs is 3. The van der Waals surface area contributed by atoms with Crippen LogP contribution in [0.25, 0.3) is 0 Å². The molecule has 0 bridgehead atoms.